The average molecular weight is 349 g/mol. The van der Waals surface area contributed by atoms with Crippen molar-refractivity contribution in [1.29, 1.82) is 0 Å². The van der Waals surface area contributed by atoms with E-state index in [0.717, 1.165) is 6.07 Å². The van der Waals surface area contributed by atoms with Gasteiger partial charge < -0.3 is 9.51 Å². The predicted molar refractivity (Wildman–Crippen MR) is 70.5 cm³/mol. The fourth-order valence-corrected chi connectivity index (χ4v) is 3.15. The number of nitrogens with zero attached hydrogens (tertiary/aromatic N) is 2. The van der Waals surface area contributed by atoms with Gasteiger partial charge in [0.1, 0.15) is 5.65 Å². The van der Waals surface area contributed by atoms with Gasteiger partial charge in [-0.15, -0.1) is 0 Å². The van der Waals surface area contributed by atoms with Gasteiger partial charge in [0.05, 0.1) is 16.9 Å². The van der Waals surface area contributed by atoms with E-state index in [2.05, 4.69) is 20.9 Å². The SMILES string of the molecule is CC1(O)CC(c2cn3cc(Br)cc(C(F)(F)F)c3n2)C1. The van der Waals surface area contributed by atoms with E-state index in [4.69, 9.17) is 0 Å². The Labute approximate surface area is 121 Å². The van der Waals surface area contributed by atoms with Crippen molar-refractivity contribution in [2.24, 2.45) is 0 Å². The van der Waals surface area contributed by atoms with Gasteiger partial charge in [-0.25, -0.2) is 4.98 Å². The lowest BCUT2D eigenvalue weighted by Gasteiger charge is -2.39. The fraction of sp³-hybridized carbons (Fsp3) is 0.462. The van der Waals surface area contributed by atoms with Crippen LogP contribution in [0.3, 0.4) is 0 Å². The van der Waals surface area contributed by atoms with E-state index in [0.29, 0.717) is 23.0 Å². The van der Waals surface area contributed by atoms with Crippen LogP contribution in [0.15, 0.2) is 22.9 Å². The molecule has 0 aromatic carbocycles. The largest absolute Gasteiger partial charge is 0.420 e. The van der Waals surface area contributed by atoms with E-state index >= 15 is 0 Å². The van der Waals surface area contributed by atoms with Gasteiger partial charge in [-0.1, -0.05) is 0 Å². The normalized spacial score (nSPS) is 26.8. The Morgan fingerprint density at radius 1 is 1.40 bits per heavy atom. The lowest BCUT2D eigenvalue weighted by atomic mass is 9.71. The van der Waals surface area contributed by atoms with Gasteiger partial charge in [-0.3, -0.25) is 0 Å². The van der Waals surface area contributed by atoms with Crippen LogP contribution in [-0.2, 0) is 6.18 Å². The van der Waals surface area contributed by atoms with Crippen molar-refractivity contribution in [2.75, 3.05) is 0 Å². The number of hydrogen-bond donors (Lipinski definition) is 1. The first-order valence-corrected chi connectivity index (χ1v) is 6.93. The molecule has 3 rings (SSSR count). The van der Waals surface area contributed by atoms with Crippen molar-refractivity contribution in [2.45, 2.75) is 37.5 Å². The molecule has 1 fully saturated rings. The van der Waals surface area contributed by atoms with Crippen molar-refractivity contribution in [3.8, 4) is 0 Å². The zero-order valence-corrected chi connectivity index (χ0v) is 12.2. The van der Waals surface area contributed by atoms with Crippen LogP contribution < -0.4 is 0 Å². The van der Waals surface area contributed by atoms with Gasteiger partial charge in [-0.05, 0) is 41.8 Å². The number of imidazole rings is 1. The van der Waals surface area contributed by atoms with Crippen LogP contribution in [0.2, 0.25) is 0 Å². The van der Waals surface area contributed by atoms with Crippen LogP contribution in [0.1, 0.15) is 36.9 Å². The molecule has 0 atom stereocenters. The number of rotatable bonds is 1. The molecule has 20 heavy (non-hydrogen) atoms. The van der Waals surface area contributed by atoms with Crippen molar-refractivity contribution in [1.82, 2.24) is 9.38 Å². The van der Waals surface area contributed by atoms with Crippen LogP contribution in [0.5, 0.6) is 0 Å². The molecule has 0 unspecified atom stereocenters. The minimum Gasteiger partial charge on any atom is -0.390 e. The molecule has 0 saturated heterocycles. The van der Waals surface area contributed by atoms with E-state index < -0.39 is 17.3 Å². The molecule has 1 aliphatic carbocycles. The van der Waals surface area contributed by atoms with E-state index in [-0.39, 0.29) is 11.6 Å². The minimum atomic E-state index is -4.45. The highest BCUT2D eigenvalue weighted by atomic mass is 79.9. The molecule has 3 nitrogen and oxygen atoms in total. The quantitative estimate of drug-likeness (QED) is 0.852. The molecule has 0 radical (unpaired) electrons. The highest BCUT2D eigenvalue weighted by Gasteiger charge is 2.41. The van der Waals surface area contributed by atoms with Gasteiger partial charge in [0.15, 0.2) is 0 Å². The summed E-state index contributed by atoms with van der Waals surface area (Å²) in [7, 11) is 0. The molecule has 0 amide bonds. The molecule has 0 aliphatic heterocycles. The van der Waals surface area contributed by atoms with Crippen LogP contribution in [-0.4, -0.2) is 20.1 Å². The van der Waals surface area contributed by atoms with E-state index in [1.54, 1.807) is 19.3 Å². The number of halogens is 4. The summed E-state index contributed by atoms with van der Waals surface area (Å²) < 4.78 is 40.8. The average Bonchev–Trinajstić information content (AvgIpc) is 2.66. The maximum Gasteiger partial charge on any atom is 0.420 e. The van der Waals surface area contributed by atoms with Gasteiger partial charge in [-0.2, -0.15) is 13.2 Å². The summed E-state index contributed by atoms with van der Waals surface area (Å²) in [5.74, 6) is 0.0183. The van der Waals surface area contributed by atoms with Gasteiger partial charge >= 0.3 is 6.18 Å². The van der Waals surface area contributed by atoms with E-state index in [1.165, 1.54) is 4.40 Å². The smallest absolute Gasteiger partial charge is 0.390 e. The van der Waals surface area contributed by atoms with Crippen LogP contribution >= 0.6 is 15.9 Å². The molecule has 1 N–H and O–H groups in total. The molecule has 2 aromatic heterocycles. The first-order valence-electron chi connectivity index (χ1n) is 6.13. The molecule has 7 heteroatoms. The summed E-state index contributed by atoms with van der Waals surface area (Å²) in [4.78, 5) is 4.12. The predicted octanol–water partition coefficient (Wildman–Crippen LogP) is 3.74. The number of alkyl halides is 3. The van der Waals surface area contributed by atoms with Crippen LogP contribution in [0, 0.1) is 0 Å². The second-order valence-corrected chi connectivity index (χ2v) is 6.48. The summed E-state index contributed by atoms with van der Waals surface area (Å²) in [6.45, 7) is 1.72. The Morgan fingerprint density at radius 3 is 2.60 bits per heavy atom. The number of aromatic nitrogens is 2. The molecular weight excluding hydrogens is 337 g/mol. The third kappa shape index (κ3) is 2.33. The van der Waals surface area contributed by atoms with Gasteiger partial charge in [0.2, 0.25) is 0 Å². The molecule has 108 valence electrons. The summed E-state index contributed by atoms with van der Waals surface area (Å²) >= 11 is 3.08. The molecule has 2 aromatic rings. The molecule has 2 heterocycles. The summed E-state index contributed by atoms with van der Waals surface area (Å²) in [5, 5.41) is 9.73. The summed E-state index contributed by atoms with van der Waals surface area (Å²) in [5.41, 5.74) is -0.986. The maximum absolute atomic E-state index is 13.0. The van der Waals surface area contributed by atoms with Crippen molar-refractivity contribution in [3.05, 3.63) is 34.2 Å². The molecule has 0 spiro atoms. The Kier molecular flexibility index (Phi) is 2.92. The van der Waals surface area contributed by atoms with Crippen LogP contribution in [0.4, 0.5) is 13.2 Å². The summed E-state index contributed by atoms with van der Waals surface area (Å²) in [6, 6.07) is 1.03. The Hall–Kier alpha value is -1.08. The molecular formula is C13H12BrF3N2O. The van der Waals surface area contributed by atoms with Crippen LogP contribution in [0.25, 0.3) is 5.65 Å². The molecule has 1 saturated carbocycles. The lowest BCUT2D eigenvalue weighted by molar-refractivity contribution is -0.136. The fourth-order valence-electron chi connectivity index (χ4n) is 2.70. The Balaban J connectivity index is 2.07. The minimum absolute atomic E-state index is 0.0183. The highest BCUT2D eigenvalue weighted by molar-refractivity contribution is 9.10. The van der Waals surface area contributed by atoms with Gasteiger partial charge in [0, 0.05) is 22.8 Å². The van der Waals surface area contributed by atoms with Crippen molar-refractivity contribution in [3.63, 3.8) is 0 Å². The molecule has 1 aliphatic rings. The zero-order valence-electron chi connectivity index (χ0n) is 10.6. The monoisotopic (exact) mass is 348 g/mol. The first kappa shape index (κ1) is 13.9. The topological polar surface area (TPSA) is 37.5 Å². The number of hydrogen-bond acceptors (Lipinski definition) is 2. The first-order chi connectivity index (χ1) is 9.16. The van der Waals surface area contributed by atoms with E-state index in [1.807, 2.05) is 0 Å². The van der Waals surface area contributed by atoms with Crippen molar-refractivity contribution < 1.29 is 18.3 Å². The third-order valence-electron chi connectivity index (χ3n) is 3.63. The third-order valence-corrected chi connectivity index (χ3v) is 4.07. The number of pyridine rings is 1. The second kappa shape index (κ2) is 4.21. The zero-order chi connectivity index (χ0) is 14.7. The standard InChI is InChI=1S/C13H12BrF3N2O/c1-12(20)3-7(4-12)10-6-19-5-8(14)2-9(11(19)18-10)13(15,16)17/h2,5-7,20H,3-4H2,1H3. The number of aliphatic hydroxyl groups is 1. The Morgan fingerprint density at radius 2 is 2.05 bits per heavy atom. The number of fused-ring (bicyclic) bond motifs is 1. The van der Waals surface area contributed by atoms with Gasteiger partial charge in [0.25, 0.3) is 0 Å². The highest BCUT2D eigenvalue weighted by Crippen LogP contribution is 2.44. The molecule has 0 bridgehead atoms. The maximum atomic E-state index is 13.0. The lowest BCUT2D eigenvalue weighted by Crippen LogP contribution is -2.39. The second-order valence-electron chi connectivity index (χ2n) is 5.57. The Bertz CT molecular complexity index is 670. The summed E-state index contributed by atoms with van der Waals surface area (Å²) in [6.07, 6.45) is -0.231. The van der Waals surface area contributed by atoms with E-state index in [9.17, 15) is 18.3 Å². The van der Waals surface area contributed by atoms with Crippen molar-refractivity contribution >= 4 is 21.6 Å².